The Morgan fingerprint density at radius 2 is 2.33 bits per heavy atom. The normalized spacial score (nSPS) is 9.73. The number of ether oxygens (including phenoxy) is 1. The fraction of sp³-hybridized carbons (Fsp3) is 0.182. The van der Waals surface area contributed by atoms with Crippen molar-refractivity contribution in [3.63, 3.8) is 0 Å². The summed E-state index contributed by atoms with van der Waals surface area (Å²) < 4.78 is 4.87. The Balaban J connectivity index is 3.00. The highest BCUT2D eigenvalue weighted by Gasteiger charge is 2.13. The number of anilines is 1. The fourth-order valence-electron chi connectivity index (χ4n) is 1.09. The molecule has 0 fully saturated rings. The van der Waals surface area contributed by atoms with E-state index in [4.69, 9.17) is 22.1 Å². The lowest BCUT2D eigenvalue weighted by molar-refractivity contribution is 0.0551. The van der Waals surface area contributed by atoms with Crippen molar-refractivity contribution in [2.45, 2.75) is 6.92 Å². The Labute approximate surface area is 93.5 Å². The highest BCUT2D eigenvalue weighted by molar-refractivity contribution is 6.32. The number of carbonyl (C=O) groups excluding carboxylic acids is 1. The van der Waals surface area contributed by atoms with Crippen LogP contribution in [0.3, 0.4) is 0 Å². The zero-order valence-electron chi connectivity index (χ0n) is 8.42. The summed E-state index contributed by atoms with van der Waals surface area (Å²) >= 11 is 5.85. The lowest BCUT2D eigenvalue weighted by Crippen LogP contribution is -2.09. The van der Waals surface area contributed by atoms with Crippen LogP contribution < -0.4 is 5.73 Å². The first-order chi connectivity index (χ1) is 7.07. The van der Waals surface area contributed by atoms with Crippen LogP contribution in [0.15, 0.2) is 24.8 Å². The molecule has 2 N–H and O–H groups in total. The molecule has 0 aliphatic carbocycles. The largest absolute Gasteiger partial charge is 0.458 e. The Morgan fingerprint density at radius 1 is 1.67 bits per heavy atom. The highest BCUT2D eigenvalue weighted by atomic mass is 35.5. The molecular weight excluding hydrogens is 214 g/mol. The third-order valence-electron chi connectivity index (χ3n) is 2.00. The minimum Gasteiger partial charge on any atom is -0.458 e. The number of esters is 1. The first-order valence-corrected chi connectivity index (χ1v) is 4.78. The molecular formula is C11H12ClNO2. The van der Waals surface area contributed by atoms with E-state index in [0.717, 1.165) is 0 Å². The Kier molecular flexibility index (Phi) is 3.74. The summed E-state index contributed by atoms with van der Waals surface area (Å²) in [6.07, 6.45) is 1.50. The molecule has 3 nitrogen and oxygen atoms in total. The van der Waals surface area contributed by atoms with E-state index < -0.39 is 5.97 Å². The number of halogens is 1. The standard InChI is InChI=1S/C11H12ClNO2/c1-3-6-15-11(14)8-4-5-9(12)7(2)10(8)13/h3-5H,1,6,13H2,2H3. The van der Waals surface area contributed by atoms with Gasteiger partial charge in [-0.1, -0.05) is 24.3 Å². The predicted molar refractivity (Wildman–Crippen MR) is 61.1 cm³/mol. The topological polar surface area (TPSA) is 52.3 Å². The smallest absolute Gasteiger partial charge is 0.340 e. The molecule has 15 heavy (non-hydrogen) atoms. The second kappa shape index (κ2) is 4.84. The molecule has 0 atom stereocenters. The summed E-state index contributed by atoms with van der Waals surface area (Å²) in [6.45, 7) is 5.37. The third kappa shape index (κ3) is 2.50. The van der Waals surface area contributed by atoms with E-state index >= 15 is 0 Å². The zero-order valence-corrected chi connectivity index (χ0v) is 9.17. The van der Waals surface area contributed by atoms with Crippen LogP contribution in [0, 0.1) is 6.92 Å². The highest BCUT2D eigenvalue weighted by Crippen LogP contribution is 2.25. The van der Waals surface area contributed by atoms with Crippen LogP contribution in [0.2, 0.25) is 5.02 Å². The molecule has 1 aromatic rings. The minimum atomic E-state index is -0.466. The molecule has 0 heterocycles. The van der Waals surface area contributed by atoms with Gasteiger partial charge in [0.25, 0.3) is 0 Å². The van der Waals surface area contributed by atoms with Gasteiger partial charge in [0.05, 0.1) is 11.3 Å². The number of hydrogen-bond acceptors (Lipinski definition) is 3. The second-order valence-electron chi connectivity index (χ2n) is 3.02. The van der Waals surface area contributed by atoms with Crippen molar-refractivity contribution in [2.75, 3.05) is 12.3 Å². The van der Waals surface area contributed by atoms with Gasteiger partial charge in [0.2, 0.25) is 0 Å². The van der Waals surface area contributed by atoms with Gasteiger partial charge < -0.3 is 10.5 Å². The summed E-state index contributed by atoms with van der Waals surface area (Å²) in [4.78, 5) is 11.5. The van der Waals surface area contributed by atoms with Gasteiger partial charge in [-0.2, -0.15) is 0 Å². The molecule has 0 amide bonds. The monoisotopic (exact) mass is 225 g/mol. The molecule has 80 valence electrons. The van der Waals surface area contributed by atoms with Crippen LogP contribution in [-0.2, 0) is 4.74 Å². The van der Waals surface area contributed by atoms with E-state index in [0.29, 0.717) is 21.8 Å². The maximum Gasteiger partial charge on any atom is 0.340 e. The van der Waals surface area contributed by atoms with Crippen molar-refractivity contribution in [3.8, 4) is 0 Å². The summed E-state index contributed by atoms with van der Waals surface area (Å²) in [5.41, 5.74) is 7.12. The Bertz CT molecular complexity index is 402. The average Bonchev–Trinajstić information content (AvgIpc) is 2.23. The molecule has 0 aromatic heterocycles. The lowest BCUT2D eigenvalue weighted by atomic mass is 10.1. The second-order valence-corrected chi connectivity index (χ2v) is 3.43. The quantitative estimate of drug-likeness (QED) is 0.489. The van der Waals surface area contributed by atoms with Crippen LogP contribution in [0.4, 0.5) is 5.69 Å². The summed E-state index contributed by atoms with van der Waals surface area (Å²) in [7, 11) is 0. The molecule has 0 aliphatic heterocycles. The molecule has 0 spiro atoms. The van der Waals surface area contributed by atoms with Gasteiger partial charge in [0.15, 0.2) is 0 Å². The van der Waals surface area contributed by atoms with E-state index in [2.05, 4.69) is 6.58 Å². The molecule has 1 aromatic carbocycles. The van der Waals surface area contributed by atoms with E-state index in [1.54, 1.807) is 19.1 Å². The van der Waals surface area contributed by atoms with Crippen LogP contribution in [-0.4, -0.2) is 12.6 Å². The zero-order chi connectivity index (χ0) is 11.4. The number of benzene rings is 1. The molecule has 0 bridgehead atoms. The van der Waals surface area contributed by atoms with Crippen molar-refractivity contribution >= 4 is 23.3 Å². The molecule has 0 radical (unpaired) electrons. The molecule has 0 aliphatic rings. The van der Waals surface area contributed by atoms with Crippen LogP contribution in [0.5, 0.6) is 0 Å². The number of nitrogens with two attached hydrogens (primary N) is 1. The van der Waals surface area contributed by atoms with Crippen LogP contribution in [0.25, 0.3) is 0 Å². The summed E-state index contributed by atoms with van der Waals surface area (Å²) in [5, 5.41) is 0.535. The van der Waals surface area contributed by atoms with Gasteiger partial charge in [-0.3, -0.25) is 0 Å². The lowest BCUT2D eigenvalue weighted by Gasteiger charge is -2.08. The Hall–Kier alpha value is -1.48. The van der Waals surface area contributed by atoms with Crippen LogP contribution >= 0.6 is 11.6 Å². The van der Waals surface area contributed by atoms with E-state index in [1.165, 1.54) is 6.08 Å². The molecule has 1 rings (SSSR count). The van der Waals surface area contributed by atoms with E-state index in [-0.39, 0.29) is 6.61 Å². The molecule has 4 heteroatoms. The van der Waals surface area contributed by atoms with Crippen molar-refractivity contribution in [1.29, 1.82) is 0 Å². The van der Waals surface area contributed by atoms with Gasteiger partial charge in [-0.15, -0.1) is 0 Å². The first-order valence-electron chi connectivity index (χ1n) is 4.40. The molecule has 0 unspecified atom stereocenters. The Morgan fingerprint density at radius 3 is 2.93 bits per heavy atom. The average molecular weight is 226 g/mol. The van der Waals surface area contributed by atoms with Crippen molar-refractivity contribution in [2.24, 2.45) is 0 Å². The maximum atomic E-state index is 11.5. The van der Waals surface area contributed by atoms with Crippen molar-refractivity contribution in [3.05, 3.63) is 40.9 Å². The minimum absolute atomic E-state index is 0.167. The van der Waals surface area contributed by atoms with Crippen LogP contribution in [0.1, 0.15) is 15.9 Å². The van der Waals surface area contributed by atoms with Gasteiger partial charge >= 0.3 is 5.97 Å². The van der Waals surface area contributed by atoms with Crippen molar-refractivity contribution in [1.82, 2.24) is 0 Å². The van der Waals surface area contributed by atoms with Gasteiger partial charge in [-0.05, 0) is 24.6 Å². The number of hydrogen-bond donors (Lipinski definition) is 1. The number of carbonyl (C=O) groups is 1. The maximum absolute atomic E-state index is 11.5. The predicted octanol–water partition coefficient (Wildman–Crippen LogP) is 2.57. The summed E-state index contributed by atoms with van der Waals surface area (Å²) in [6, 6.07) is 3.17. The summed E-state index contributed by atoms with van der Waals surface area (Å²) in [5.74, 6) is -0.466. The number of nitrogen functional groups attached to an aromatic ring is 1. The fourth-order valence-corrected chi connectivity index (χ4v) is 1.26. The molecule has 0 saturated heterocycles. The van der Waals surface area contributed by atoms with Gasteiger partial charge in [-0.25, -0.2) is 4.79 Å². The van der Waals surface area contributed by atoms with E-state index in [9.17, 15) is 4.79 Å². The third-order valence-corrected chi connectivity index (χ3v) is 2.41. The van der Waals surface area contributed by atoms with Crippen molar-refractivity contribution < 1.29 is 9.53 Å². The SMILES string of the molecule is C=CCOC(=O)c1ccc(Cl)c(C)c1N. The van der Waals surface area contributed by atoms with Gasteiger partial charge in [0.1, 0.15) is 6.61 Å². The first kappa shape index (κ1) is 11.6. The van der Waals surface area contributed by atoms with Gasteiger partial charge in [0, 0.05) is 5.02 Å². The van der Waals surface area contributed by atoms with E-state index in [1.807, 2.05) is 0 Å². The molecule has 0 saturated carbocycles. The number of rotatable bonds is 3.